The number of rotatable bonds is 3. The van der Waals surface area contributed by atoms with Gasteiger partial charge in [0.15, 0.2) is 0 Å². The number of primary amides is 1. The second-order valence-corrected chi connectivity index (χ2v) is 3.55. The van der Waals surface area contributed by atoms with Gasteiger partial charge in [0.25, 0.3) is 0 Å². The van der Waals surface area contributed by atoms with E-state index < -0.39 is 5.91 Å². The fraction of sp³-hybridized carbons (Fsp3) is 0.0833. The van der Waals surface area contributed by atoms with Crippen molar-refractivity contribution in [2.45, 2.75) is 6.54 Å². The lowest BCUT2D eigenvalue weighted by Crippen LogP contribution is -2.23. The molecule has 2 aromatic rings. The molecule has 1 aromatic heterocycles. The summed E-state index contributed by atoms with van der Waals surface area (Å²) < 4.78 is 1.42. The first-order valence-corrected chi connectivity index (χ1v) is 5.07. The summed E-state index contributed by atoms with van der Waals surface area (Å²) in [6.45, 7) is 0.284. The van der Waals surface area contributed by atoms with Crippen molar-refractivity contribution in [2.24, 2.45) is 5.73 Å². The highest BCUT2D eigenvalue weighted by atomic mass is 16.1. The Labute approximate surface area is 97.5 Å². The van der Waals surface area contributed by atoms with Crippen LogP contribution in [0.4, 0.5) is 0 Å². The molecule has 0 aliphatic carbocycles. The summed E-state index contributed by atoms with van der Waals surface area (Å²) >= 11 is 0. The summed E-state index contributed by atoms with van der Waals surface area (Å²) in [7, 11) is 0. The third-order valence-electron chi connectivity index (χ3n) is 2.41. The standard InChI is InChI=1S/C12H11N3O2/c13-11(16)10-5-2-1-4-9(10)8-15-7-3-6-14-12(15)17/h1-7H,8H2,(H2,13,16). The van der Waals surface area contributed by atoms with Gasteiger partial charge in [-0.05, 0) is 17.7 Å². The largest absolute Gasteiger partial charge is 0.366 e. The van der Waals surface area contributed by atoms with E-state index in [9.17, 15) is 9.59 Å². The van der Waals surface area contributed by atoms with E-state index >= 15 is 0 Å². The van der Waals surface area contributed by atoms with E-state index in [1.54, 1.807) is 36.5 Å². The van der Waals surface area contributed by atoms with Crippen LogP contribution >= 0.6 is 0 Å². The third kappa shape index (κ3) is 2.39. The Morgan fingerprint density at radius 3 is 2.76 bits per heavy atom. The number of nitrogens with two attached hydrogens (primary N) is 1. The molecular formula is C12H11N3O2. The van der Waals surface area contributed by atoms with Gasteiger partial charge in [0.2, 0.25) is 5.91 Å². The summed E-state index contributed by atoms with van der Waals surface area (Å²) in [6, 6.07) is 8.59. The van der Waals surface area contributed by atoms with Crippen LogP contribution in [0.2, 0.25) is 0 Å². The van der Waals surface area contributed by atoms with Crippen molar-refractivity contribution in [3.8, 4) is 0 Å². The highest BCUT2D eigenvalue weighted by Crippen LogP contribution is 2.08. The van der Waals surface area contributed by atoms with Gasteiger partial charge in [0.1, 0.15) is 0 Å². The molecule has 0 atom stereocenters. The highest BCUT2D eigenvalue weighted by molar-refractivity contribution is 5.94. The maximum Gasteiger partial charge on any atom is 0.347 e. The summed E-state index contributed by atoms with van der Waals surface area (Å²) in [4.78, 5) is 26.3. The van der Waals surface area contributed by atoms with Gasteiger partial charge < -0.3 is 5.73 Å². The van der Waals surface area contributed by atoms with Gasteiger partial charge in [0.05, 0.1) is 6.54 Å². The molecule has 5 nitrogen and oxygen atoms in total. The van der Waals surface area contributed by atoms with E-state index in [2.05, 4.69) is 4.98 Å². The summed E-state index contributed by atoms with van der Waals surface area (Å²) in [5, 5.41) is 0. The van der Waals surface area contributed by atoms with Crippen LogP contribution in [0, 0.1) is 0 Å². The average molecular weight is 229 g/mol. The van der Waals surface area contributed by atoms with Gasteiger partial charge in [-0.25, -0.2) is 9.78 Å². The van der Waals surface area contributed by atoms with E-state index in [-0.39, 0.29) is 12.2 Å². The molecule has 2 N–H and O–H groups in total. The molecule has 0 saturated carbocycles. The van der Waals surface area contributed by atoms with E-state index in [4.69, 9.17) is 5.73 Å². The third-order valence-corrected chi connectivity index (χ3v) is 2.41. The first-order chi connectivity index (χ1) is 8.18. The molecule has 0 saturated heterocycles. The van der Waals surface area contributed by atoms with Gasteiger partial charge in [-0.2, -0.15) is 0 Å². The van der Waals surface area contributed by atoms with Crippen molar-refractivity contribution < 1.29 is 4.79 Å². The Balaban J connectivity index is 2.40. The second kappa shape index (κ2) is 4.61. The maximum absolute atomic E-state index is 11.4. The fourth-order valence-corrected chi connectivity index (χ4v) is 1.59. The lowest BCUT2D eigenvalue weighted by atomic mass is 10.1. The minimum atomic E-state index is -0.502. The lowest BCUT2D eigenvalue weighted by molar-refractivity contribution is 0.0999. The van der Waals surface area contributed by atoms with Crippen molar-refractivity contribution in [3.63, 3.8) is 0 Å². The van der Waals surface area contributed by atoms with Crippen LogP contribution in [-0.2, 0) is 6.54 Å². The molecule has 2 rings (SSSR count). The van der Waals surface area contributed by atoms with Crippen LogP contribution in [0.25, 0.3) is 0 Å². The van der Waals surface area contributed by atoms with E-state index in [0.29, 0.717) is 11.1 Å². The molecule has 1 heterocycles. The van der Waals surface area contributed by atoms with Crippen LogP contribution in [-0.4, -0.2) is 15.5 Å². The Hall–Kier alpha value is -2.43. The average Bonchev–Trinajstić information content (AvgIpc) is 2.32. The Morgan fingerprint density at radius 2 is 2.06 bits per heavy atom. The van der Waals surface area contributed by atoms with E-state index in [1.807, 2.05) is 0 Å². The van der Waals surface area contributed by atoms with Crippen LogP contribution in [0.15, 0.2) is 47.5 Å². The molecule has 0 radical (unpaired) electrons. The Kier molecular flexibility index (Phi) is 3.00. The quantitative estimate of drug-likeness (QED) is 0.827. The molecule has 17 heavy (non-hydrogen) atoms. The number of hydrogen-bond donors (Lipinski definition) is 1. The molecule has 0 bridgehead atoms. The zero-order valence-electron chi connectivity index (χ0n) is 9.04. The minimum absolute atomic E-state index is 0.284. The smallest absolute Gasteiger partial charge is 0.347 e. The molecule has 0 unspecified atom stereocenters. The molecule has 5 heteroatoms. The number of aromatic nitrogens is 2. The summed E-state index contributed by atoms with van der Waals surface area (Å²) in [6.07, 6.45) is 3.05. The predicted molar refractivity (Wildman–Crippen MR) is 62.6 cm³/mol. The van der Waals surface area contributed by atoms with Gasteiger partial charge in [-0.15, -0.1) is 0 Å². The number of amides is 1. The molecule has 1 amide bonds. The number of carbonyl (C=O) groups is 1. The van der Waals surface area contributed by atoms with E-state index in [0.717, 1.165) is 0 Å². The predicted octanol–water partition coefficient (Wildman–Crippen LogP) is 0.390. The van der Waals surface area contributed by atoms with Crippen molar-refractivity contribution >= 4 is 5.91 Å². The Bertz CT molecular complexity index is 604. The SMILES string of the molecule is NC(=O)c1ccccc1Cn1cccnc1=O. The van der Waals surface area contributed by atoms with Crippen molar-refractivity contribution in [1.29, 1.82) is 0 Å². The second-order valence-electron chi connectivity index (χ2n) is 3.55. The number of benzene rings is 1. The van der Waals surface area contributed by atoms with E-state index in [1.165, 1.54) is 10.8 Å². The van der Waals surface area contributed by atoms with Crippen molar-refractivity contribution in [3.05, 3.63) is 64.3 Å². The van der Waals surface area contributed by atoms with Gasteiger partial charge in [0, 0.05) is 18.0 Å². The number of nitrogens with zero attached hydrogens (tertiary/aromatic N) is 2. The first kappa shape index (κ1) is 11.1. The van der Waals surface area contributed by atoms with Crippen molar-refractivity contribution in [2.75, 3.05) is 0 Å². The lowest BCUT2D eigenvalue weighted by Gasteiger charge is -2.07. The van der Waals surface area contributed by atoms with Gasteiger partial charge in [-0.3, -0.25) is 9.36 Å². The molecule has 0 spiro atoms. The highest BCUT2D eigenvalue weighted by Gasteiger charge is 2.07. The van der Waals surface area contributed by atoms with Crippen molar-refractivity contribution in [1.82, 2.24) is 9.55 Å². The summed E-state index contributed by atoms with van der Waals surface area (Å²) in [5.41, 5.74) is 6.03. The van der Waals surface area contributed by atoms with Crippen LogP contribution in [0.3, 0.4) is 0 Å². The zero-order chi connectivity index (χ0) is 12.3. The number of hydrogen-bond acceptors (Lipinski definition) is 3. The monoisotopic (exact) mass is 229 g/mol. The molecule has 0 aliphatic heterocycles. The minimum Gasteiger partial charge on any atom is -0.366 e. The molecular weight excluding hydrogens is 218 g/mol. The first-order valence-electron chi connectivity index (χ1n) is 5.07. The molecule has 86 valence electrons. The molecule has 1 aromatic carbocycles. The zero-order valence-corrected chi connectivity index (χ0v) is 9.04. The van der Waals surface area contributed by atoms with Gasteiger partial charge >= 0.3 is 5.69 Å². The molecule has 0 fully saturated rings. The van der Waals surface area contributed by atoms with Crippen LogP contribution in [0.5, 0.6) is 0 Å². The van der Waals surface area contributed by atoms with Gasteiger partial charge in [-0.1, -0.05) is 18.2 Å². The van der Waals surface area contributed by atoms with Crippen LogP contribution < -0.4 is 11.4 Å². The topological polar surface area (TPSA) is 78.0 Å². The number of carbonyl (C=O) groups excluding carboxylic acids is 1. The molecule has 0 aliphatic rings. The normalized spacial score (nSPS) is 10.1. The van der Waals surface area contributed by atoms with Crippen LogP contribution in [0.1, 0.15) is 15.9 Å². The summed E-state index contributed by atoms with van der Waals surface area (Å²) in [5.74, 6) is -0.502. The Morgan fingerprint density at radius 1 is 1.29 bits per heavy atom. The fourth-order valence-electron chi connectivity index (χ4n) is 1.59. The maximum atomic E-state index is 11.4.